The van der Waals surface area contributed by atoms with Crippen LogP contribution in [-0.4, -0.2) is 28.3 Å². The van der Waals surface area contributed by atoms with Crippen molar-refractivity contribution >= 4 is 11.7 Å². The lowest BCUT2D eigenvalue weighted by atomic mass is 10.1. The maximum atomic E-state index is 14.0. The first kappa shape index (κ1) is 14.6. The molecule has 0 aliphatic carbocycles. The quantitative estimate of drug-likeness (QED) is 0.875. The van der Waals surface area contributed by atoms with Crippen LogP contribution in [0.15, 0.2) is 30.5 Å². The van der Waals surface area contributed by atoms with Crippen LogP contribution in [0.1, 0.15) is 18.4 Å². The van der Waals surface area contributed by atoms with Crippen LogP contribution < -0.4 is 9.64 Å². The molecule has 6 heteroatoms. The molecule has 1 saturated heterocycles. The Kier molecular flexibility index (Phi) is 3.83. The third-order valence-electron chi connectivity index (χ3n) is 3.79. The third-order valence-corrected chi connectivity index (χ3v) is 3.79. The summed E-state index contributed by atoms with van der Waals surface area (Å²) in [7, 11) is 1.80. The molecular weight excluding hydrogens is 285 g/mol. The molecule has 1 fully saturated rings. The van der Waals surface area contributed by atoms with Gasteiger partial charge in [-0.15, -0.1) is 0 Å². The summed E-state index contributed by atoms with van der Waals surface area (Å²) in [6.07, 6.45) is 2.48. The molecule has 0 radical (unpaired) electrons. The molecule has 3 rings (SSSR count). The zero-order valence-corrected chi connectivity index (χ0v) is 12.6. The molecule has 0 spiro atoms. The zero-order valence-electron chi connectivity index (χ0n) is 12.6. The van der Waals surface area contributed by atoms with Crippen LogP contribution in [0.3, 0.4) is 0 Å². The minimum absolute atomic E-state index is 0.126. The van der Waals surface area contributed by atoms with E-state index >= 15 is 0 Å². The summed E-state index contributed by atoms with van der Waals surface area (Å²) in [6, 6.07) is 6.73. The van der Waals surface area contributed by atoms with Gasteiger partial charge in [0.1, 0.15) is 0 Å². The molecule has 2 heterocycles. The molecule has 0 saturated carbocycles. The number of carbonyl (C=O) groups excluding carboxylic acids is 1. The van der Waals surface area contributed by atoms with E-state index in [2.05, 4.69) is 5.10 Å². The SMILES string of the molecule is Cc1cccc(O[C@@H]2CCCN(c3ccn(C)n3)C2=O)c1F. The van der Waals surface area contributed by atoms with Crippen molar-refractivity contribution in [3.05, 3.63) is 41.8 Å². The second-order valence-electron chi connectivity index (χ2n) is 5.47. The van der Waals surface area contributed by atoms with Crippen LogP contribution in [0.25, 0.3) is 0 Å². The van der Waals surface area contributed by atoms with Gasteiger partial charge in [0.15, 0.2) is 23.5 Å². The predicted molar refractivity (Wildman–Crippen MR) is 80.3 cm³/mol. The van der Waals surface area contributed by atoms with E-state index in [-0.39, 0.29) is 11.7 Å². The van der Waals surface area contributed by atoms with Crippen molar-refractivity contribution in [1.29, 1.82) is 0 Å². The van der Waals surface area contributed by atoms with Crippen LogP contribution in [0, 0.1) is 12.7 Å². The number of aryl methyl sites for hydroxylation is 2. The van der Waals surface area contributed by atoms with Gasteiger partial charge >= 0.3 is 0 Å². The molecule has 1 aliphatic rings. The van der Waals surface area contributed by atoms with Gasteiger partial charge in [0.2, 0.25) is 0 Å². The molecule has 1 amide bonds. The van der Waals surface area contributed by atoms with Gasteiger partial charge in [-0.1, -0.05) is 12.1 Å². The van der Waals surface area contributed by atoms with Crippen molar-refractivity contribution in [2.24, 2.45) is 7.05 Å². The topological polar surface area (TPSA) is 47.4 Å². The van der Waals surface area contributed by atoms with E-state index in [0.717, 1.165) is 6.42 Å². The molecule has 1 atom stereocenters. The summed E-state index contributed by atoms with van der Waals surface area (Å²) in [5.74, 6) is 0.142. The number of ether oxygens (including phenoxy) is 1. The molecule has 5 nitrogen and oxygen atoms in total. The van der Waals surface area contributed by atoms with Crippen molar-refractivity contribution in [3.8, 4) is 5.75 Å². The van der Waals surface area contributed by atoms with Crippen molar-refractivity contribution < 1.29 is 13.9 Å². The first-order valence-corrected chi connectivity index (χ1v) is 7.29. The summed E-state index contributed by atoms with van der Waals surface area (Å²) in [6.45, 7) is 2.27. The number of piperidine rings is 1. The Morgan fingerprint density at radius 1 is 1.36 bits per heavy atom. The normalized spacial score (nSPS) is 18.6. The lowest BCUT2D eigenvalue weighted by Crippen LogP contribution is -2.47. The summed E-state index contributed by atoms with van der Waals surface area (Å²) < 4.78 is 21.3. The molecule has 1 aliphatic heterocycles. The van der Waals surface area contributed by atoms with Gasteiger partial charge in [0, 0.05) is 25.9 Å². The summed E-state index contributed by atoms with van der Waals surface area (Å²) in [5.41, 5.74) is 0.502. The first-order valence-electron chi connectivity index (χ1n) is 7.29. The molecule has 116 valence electrons. The van der Waals surface area contributed by atoms with E-state index in [0.29, 0.717) is 24.3 Å². The van der Waals surface area contributed by atoms with Crippen molar-refractivity contribution in [3.63, 3.8) is 0 Å². The van der Waals surface area contributed by atoms with Crippen LogP contribution in [0.2, 0.25) is 0 Å². The number of anilines is 1. The standard InChI is InChI=1S/C16H18FN3O2/c1-11-5-3-6-12(15(11)17)22-13-7-4-9-20(16(13)21)14-8-10-19(2)18-14/h3,5-6,8,10,13H,4,7,9H2,1-2H3/t13-/m1/s1. The molecule has 1 aromatic heterocycles. The maximum absolute atomic E-state index is 14.0. The second-order valence-corrected chi connectivity index (χ2v) is 5.47. The zero-order chi connectivity index (χ0) is 15.7. The first-order chi connectivity index (χ1) is 10.6. The average Bonchev–Trinajstić information content (AvgIpc) is 2.92. The fourth-order valence-corrected chi connectivity index (χ4v) is 2.59. The lowest BCUT2D eigenvalue weighted by Gasteiger charge is -2.31. The van der Waals surface area contributed by atoms with E-state index in [1.807, 2.05) is 0 Å². The molecule has 2 aromatic rings. The van der Waals surface area contributed by atoms with Gasteiger partial charge in [0.25, 0.3) is 5.91 Å². The monoisotopic (exact) mass is 303 g/mol. The number of halogens is 1. The second kappa shape index (κ2) is 5.79. The maximum Gasteiger partial charge on any atom is 0.269 e. The number of amides is 1. The molecule has 1 aromatic carbocycles. The van der Waals surface area contributed by atoms with E-state index in [4.69, 9.17) is 4.74 Å². The average molecular weight is 303 g/mol. The molecular formula is C16H18FN3O2. The van der Waals surface area contributed by atoms with Gasteiger partial charge in [0.05, 0.1) is 0 Å². The predicted octanol–water partition coefficient (Wildman–Crippen LogP) is 2.44. The van der Waals surface area contributed by atoms with Crippen LogP contribution in [-0.2, 0) is 11.8 Å². The third kappa shape index (κ3) is 2.68. The highest BCUT2D eigenvalue weighted by atomic mass is 19.1. The van der Waals surface area contributed by atoms with Gasteiger partial charge in [-0.2, -0.15) is 5.10 Å². The summed E-state index contributed by atoms with van der Waals surface area (Å²) in [5, 5.41) is 4.25. The minimum Gasteiger partial charge on any atom is -0.477 e. The van der Waals surface area contributed by atoms with Crippen molar-refractivity contribution in [1.82, 2.24) is 9.78 Å². The van der Waals surface area contributed by atoms with Gasteiger partial charge < -0.3 is 4.74 Å². The van der Waals surface area contributed by atoms with E-state index in [1.165, 1.54) is 0 Å². The van der Waals surface area contributed by atoms with Gasteiger partial charge in [-0.25, -0.2) is 4.39 Å². The largest absolute Gasteiger partial charge is 0.477 e. The Morgan fingerprint density at radius 3 is 2.91 bits per heavy atom. The van der Waals surface area contributed by atoms with E-state index in [1.54, 1.807) is 54.0 Å². The minimum atomic E-state index is -0.674. The molecule has 0 bridgehead atoms. The fourth-order valence-electron chi connectivity index (χ4n) is 2.59. The number of aromatic nitrogens is 2. The Labute approximate surface area is 128 Å². The Hall–Kier alpha value is -2.37. The number of carbonyl (C=O) groups is 1. The molecule has 0 unspecified atom stereocenters. The van der Waals surface area contributed by atoms with Crippen LogP contribution in [0.5, 0.6) is 5.75 Å². The number of rotatable bonds is 3. The number of nitrogens with zero attached hydrogens (tertiary/aromatic N) is 3. The van der Waals surface area contributed by atoms with Crippen LogP contribution >= 0.6 is 0 Å². The highest BCUT2D eigenvalue weighted by molar-refractivity contribution is 5.96. The highest BCUT2D eigenvalue weighted by Crippen LogP contribution is 2.26. The number of hydrogen-bond donors (Lipinski definition) is 0. The van der Waals surface area contributed by atoms with E-state index in [9.17, 15) is 9.18 Å². The fraction of sp³-hybridized carbons (Fsp3) is 0.375. The molecule has 22 heavy (non-hydrogen) atoms. The van der Waals surface area contributed by atoms with Crippen LogP contribution in [0.4, 0.5) is 10.2 Å². The number of hydrogen-bond acceptors (Lipinski definition) is 3. The number of benzene rings is 1. The van der Waals surface area contributed by atoms with Gasteiger partial charge in [-0.3, -0.25) is 14.4 Å². The van der Waals surface area contributed by atoms with E-state index < -0.39 is 11.9 Å². The highest BCUT2D eigenvalue weighted by Gasteiger charge is 2.32. The Morgan fingerprint density at radius 2 is 2.18 bits per heavy atom. The Balaban J connectivity index is 1.79. The molecule has 0 N–H and O–H groups in total. The van der Waals surface area contributed by atoms with Gasteiger partial charge in [-0.05, 0) is 31.4 Å². The van der Waals surface area contributed by atoms with Crippen molar-refractivity contribution in [2.45, 2.75) is 25.9 Å². The summed E-state index contributed by atoms with van der Waals surface area (Å²) >= 11 is 0. The Bertz CT molecular complexity index is 698. The van der Waals surface area contributed by atoms with Crippen molar-refractivity contribution in [2.75, 3.05) is 11.4 Å². The lowest BCUT2D eigenvalue weighted by molar-refractivity contribution is -0.127. The summed E-state index contributed by atoms with van der Waals surface area (Å²) in [4.78, 5) is 14.2. The smallest absolute Gasteiger partial charge is 0.269 e.